The number of aliphatic hydroxyl groups excluding tert-OH is 1. The highest BCUT2D eigenvalue weighted by Crippen LogP contribution is 2.24. The molecule has 172 valence electrons. The molecular weight excluding hydrogens is 404 g/mol. The number of carbonyl (C=O) groups excluding carboxylic acids is 1. The zero-order valence-corrected chi connectivity index (χ0v) is 18.9. The summed E-state index contributed by atoms with van der Waals surface area (Å²) in [4.78, 5) is 18.6. The number of anilines is 1. The molecule has 0 bridgehead atoms. The van der Waals surface area contributed by atoms with Gasteiger partial charge in [-0.2, -0.15) is 0 Å². The van der Waals surface area contributed by atoms with E-state index in [1.54, 1.807) is 4.90 Å². The summed E-state index contributed by atoms with van der Waals surface area (Å²) in [5, 5.41) is 12.5. The number of hydrogen-bond acceptors (Lipinski definition) is 5. The zero-order valence-electron chi connectivity index (χ0n) is 18.9. The molecule has 2 aliphatic heterocycles. The summed E-state index contributed by atoms with van der Waals surface area (Å²) in [6, 6.07) is 16.8. The van der Waals surface area contributed by atoms with Gasteiger partial charge in [0.25, 0.3) is 0 Å². The van der Waals surface area contributed by atoms with Gasteiger partial charge in [-0.3, -0.25) is 14.7 Å². The molecule has 1 atom stereocenters. The maximum Gasteiger partial charge on any atom is 0.321 e. The SMILES string of the molecule is CCOc1ccccc1CN1CCN(Cc2ccc(N3CCNC3=O)cc2)C[C@H]1CCO. The zero-order chi connectivity index (χ0) is 22.3. The van der Waals surface area contributed by atoms with Crippen LogP contribution in [0.25, 0.3) is 0 Å². The molecule has 7 heteroatoms. The van der Waals surface area contributed by atoms with Gasteiger partial charge < -0.3 is 15.2 Å². The second-order valence-electron chi connectivity index (χ2n) is 8.46. The van der Waals surface area contributed by atoms with Crippen molar-refractivity contribution in [3.8, 4) is 5.75 Å². The largest absolute Gasteiger partial charge is 0.494 e. The standard InChI is InChI=1S/C25H34N4O3/c1-2-32-24-6-4-3-5-21(24)18-28-15-14-27(19-23(28)11-16-30)17-20-7-9-22(10-8-20)29-13-12-26-25(29)31/h3-10,23,30H,2,11-19H2,1H3,(H,26,31)/t23-/m1/s1. The van der Waals surface area contributed by atoms with Gasteiger partial charge in [-0.1, -0.05) is 30.3 Å². The lowest BCUT2D eigenvalue weighted by molar-refractivity contribution is 0.0494. The van der Waals surface area contributed by atoms with Crippen molar-refractivity contribution in [2.75, 3.05) is 50.8 Å². The lowest BCUT2D eigenvalue weighted by atomic mass is 10.1. The van der Waals surface area contributed by atoms with Crippen LogP contribution < -0.4 is 15.0 Å². The van der Waals surface area contributed by atoms with E-state index in [-0.39, 0.29) is 12.6 Å². The molecule has 0 unspecified atom stereocenters. The van der Waals surface area contributed by atoms with E-state index in [1.165, 1.54) is 11.1 Å². The maximum absolute atomic E-state index is 11.9. The Morgan fingerprint density at radius 3 is 2.59 bits per heavy atom. The third kappa shape index (κ3) is 5.41. The molecular formula is C25H34N4O3. The molecule has 0 spiro atoms. The van der Waals surface area contributed by atoms with Crippen LogP contribution in [0.5, 0.6) is 5.75 Å². The molecule has 2 N–H and O–H groups in total. The normalized spacial score (nSPS) is 19.9. The number of aliphatic hydroxyl groups is 1. The van der Waals surface area contributed by atoms with Crippen LogP contribution in [0.3, 0.4) is 0 Å². The van der Waals surface area contributed by atoms with E-state index in [2.05, 4.69) is 39.4 Å². The van der Waals surface area contributed by atoms with Gasteiger partial charge in [0.15, 0.2) is 0 Å². The Labute approximate surface area is 190 Å². The third-order valence-corrected chi connectivity index (χ3v) is 6.31. The number of nitrogens with one attached hydrogen (secondary N) is 1. The van der Waals surface area contributed by atoms with Crippen LogP contribution in [0, 0.1) is 0 Å². The van der Waals surface area contributed by atoms with Gasteiger partial charge in [0.05, 0.1) is 6.61 Å². The summed E-state index contributed by atoms with van der Waals surface area (Å²) in [5.74, 6) is 0.951. The van der Waals surface area contributed by atoms with Crippen LogP contribution in [0.15, 0.2) is 48.5 Å². The first-order valence-corrected chi connectivity index (χ1v) is 11.6. The van der Waals surface area contributed by atoms with Crippen molar-refractivity contribution in [1.29, 1.82) is 0 Å². The molecule has 0 saturated carbocycles. The van der Waals surface area contributed by atoms with Crippen molar-refractivity contribution in [1.82, 2.24) is 15.1 Å². The van der Waals surface area contributed by atoms with E-state index >= 15 is 0 Å². The van der Waals surface area contributed by atoms with Crippen molar-refractivity contribution in [2.24, 2.45) is 0 Å². The lowest BCUT2D eigenvalue weighted by Gasteiger charge is -2.41. The van der Waals surface area contributed by atoms with Gasteiger partial charge >= 0.3 is 6.03 Å². The first kappa shape index (κ1) is 22.6. The first-order chi connectivity index (χ1) is 15.7. The van der Waals surface area contributed by atoms with E-state index < -0.39 is 0 Å². The number of para-hydroxylation sites is 1. The fourth-order valence-electron chi connectivity index (χ4n) is 4.64. The molecule has 32 heavy (non-hydrogen) atoms. The molecule has 2 saturated heterocycles. The highest BCUT2D eigenvalue weighted by Gasteiger charge is 2.27. The second kappa shape index (κ2) is 10.8. The predicted octanol–water partition coefficient (Wildman–Crippen LogP) is 2.68. The van der Waals surface area contributed by atoms with Gasteiger partial charge in [0, 0.05) is 69.7 Å². The van der Waals surface area contributed by atoms with E-state index in [9.17, 15) is 9.90 Å². The van der Waals surface area contributed by atoms with Crippen LogP contribution >= 0.6 is 0 Å². The first-order valence-electron chi connectivity index (χ1n) is 11.6. The van der Waals surface area contributed by atoms with E-state index in [4.69, 9.17) is 4.74 Å². The third-order valence-electron chi connectivity index (χ3n) is 6.31. The van der Waals surface area contributed by atoms with Gasteiger partial charge in [-0.15, -0.1) is 0 Å². The summed E-state index contributed by atoms with van der Waals surface area (Å²) in [7, 11) is 0. The molecule has 2 fully saturated rings. The van der Waals surface area contributed by atoms with Crippen LogP contribution in [0.4, 0.5) is 10.5 Å². The number of rotatable bonds is 9. The molecule has 0 aliphatic carbocycles. The number of piperazine rings is 1. The molecule has 7 nitrogen and oxygen atoms in total. The summed E-state index contributed by atoms with van der Waals surface area (Å²) in [6.45, 7) is 8.84. The monoisotopic (exact) mass is 438 g/mol. The predicted molar refractivity (Wildman–Crippen MR) is 126 cm³/mol. The number of benzene rings is 2. The minimum Gasteiger partial charge on any atom is -0.494 e. The Bertz CT molecular complexity index is 889. The van der Waals surface area contributed by atoms with Gasteiger partial charge in [-0.25, -0.2) is 4.79 Å². The molecule has 2 aromatic carbocycles. The molecule has 2 aromatic rings. The highest BCUT2D eigenvalue weighted by atomic mass is 16.5. The Hall–Kier alpha value is -2.61. The molecule has 0 aromatic heterocycles. The quantitative estimate of drug-likeness (QED) is 0.630. The van der Waals surface area contributed by atoms with Crippen LogP contribution in [0.2, 0.25) is 0 Å². The van der Waals surface area contributed by atoms with Gasteiger partial charge in [0.2, 0.25) is 0 Å². The molecule has 2 heterocycles. The fraction of sp³-hybridized carbons (Fsp3) is 0.480. The van der Waals surface area contributed by atoms with E-state index in [0.717, 1.165) is 57.1 Å². The van der Waals surface area contributed by atoms with Crippen molar-refractivity contribution >= 4 is 11.7 Å². The minimum absolute atomic E-state index is 0.0216. The number of amides is 2. The summed E-state index contributed by atoms with van der Waals surface area (Å²) >= 11 is 0. The summed E-state index contributed by atoms with van der Waals surface area (Å²) in [6.07, 6.45) is 0.760. The molecule has 2 amide bonds. The average Bonchev–Trinajstić information content (AvgIpc) is 3.23. The number of nitrogens with zero attached hydrogens (tertiary/aromatic N) is 3. The van der Waals surface area contributed by atoms with Crippen molar-refractivity contribution < 1.29 is 14.6 Å². The van der Waals surface area contributed by atoms with Crippen molar-refractivity contribution in [2.45, 2.75) is 32.5 Å². The summed E-state index contributed by atoms with van der Waals surface area (Å²) in [5.41, 5.74) is 3.39. The maximum atomic E-state index is 11.9. The average molecular weight is 439 g/mol. The number of hydrogen-bond donors (Lipinski definition) is 2. The molecule has 0 radical (unpaired) electrons. The van der Waals surface area contributed by atoms with E-state index in [0.29, 0.717) is 19.2 Å². The second-order valence-corrected chi connectivity index (χ2v) is 8.46. The topological polar surface area (TPSA) is 68.3 Å². The van der Waals surface area contributed by atoms with E-state index in [1.807, 2.05) is 31.2 Å². The number of ether oxygens (including phenoxy) is 1. The lowest BCUT2D eigenvalue weighted by Crippen LogP contribution is -2.52. The number of carbonyl (C=O) groups is 1. The van der Waals surface area contributed by atoms with Crippen molar-refractivity contribution in [3.05, 3.63) is 59.7 Å². The van der Waals surface area contributed by atoms with Crippen LogP contribution in [0.1, 0.15) is 24.5 Å². The summed E-state index contributed by atoms with van der Waals surface area (Å²) < 4.78 is 5.81. The highest BCUT2D eigenvalue weighted by molar-refractivity contribution is 5.93. The van der Waals surface area contributed by atoms with Crippen LogP contribution in [-0.4, -0.2) is 72.9 Å². The Morgan fingerprint density at radius 1 is 1.06 bits per heavy atom. The Morgan fingerprint density at radius 2 is 1.88 bits per heavy atom. The van der Waals surface area contributed by atoms with Crippen molar-refractivity contribution in [3.63, 3.8) is 0 Å². The smallest absolute Gasteiger partial charge is 0.321 e. The molecule has 4 rings (SSSR count). The van der Waals surface area contributed by atoms with Gasteiger partial charge in [0.1, 0.15) is 5.75 Å². The van der Waals surface area contributed by atoms with Crippen LogP contribution in [-0.2, 0) is 13.1 Å². The Kier molecular flexibility index (Phi) is 7.63. The fourth-order valence-corrected chi connectivity index (χ4v) is 4.64. The minimum atomic E-state index is -0.0216. The van der Waals surface area contributed by atoms with Gasteiger partial charge in [-0.05, 0) is 37.1 Å². The molecule has 2 aliphatic rings. The Balaban J connectivity index is 1.37. The number of urea groups is 1.